The minimum atomic E-state index is 0.284. The van der Waals surface area contributed by atoms with Gasteiger partial charge in [0.1, 0.15) is 5.75 Å². The lowest BCUT2D eigenvalue weighted by Crippen LogP contribution is -2.58. The van der Waals surface area contributed by atoms with Crippen molar-refractivity contribution in [2.24, 2.45) is 0 Å². The average molecular weight is 402 g/mol. The van der Waals surface area contributed by atoms with Crippen LogP contribution in [0.1, 0.15) is 50.5 Å². The highest BCUT2D eigenvalue weighted by molar-refractivity contribution is 5.28. The molecule has 1 aromatic carbocycles. The van der Waals surface area contributed by atoms with E-state index < -0.39 is 0 Å². The summed E-state index contributed by atoms with van der Waals surface area (Å²) in [7, 11) is 2.23. The molecule has 0 aromatic heterocycles. The van der Waals surface area contributed by atoms with Gasteiger partial charge in [0.15, 0.2) is 0 Å². The van der Waals surface area contributed by atoms with Gasteiger partial charge in [-0.05, 0) is 82.8 Å². The van der Waals surface area contributed by atoms with Crippen molar-refractivity contribution < 1.29 is 9.84 Å². The molecule has 5 nitrogen and oxygen atoms in total. The van der Waals surface area contributed by atoms with Gasteiger partial charge in [-0.2, -0.15) is 0 Å². The van der Waals surface area contributed by atoms with Crippen molar-refractivity contribution in [3.05, 3.63) is 29.8 Å². The molecule has 0 radical (unpaired) electrons. The maximum absolute atomic E-state index is 9.65. The summed E-state index contributed by atoms with van der Waals surface area (Å²) >= 11 is 0. The molecule has 29 heavy (non-hydrogen) atoms. The van der Waals surface area contributed by atoms with Crippen molar-refractivity contribution in [1.29, 1.82) is 0 Å². The first-order valence-electron chi connectivity index (χ1n) is 11.7. The zero-order chi connectivity index (χ0) is 20.1. The Hall–Kier alpha value is -1.14. The molecule has 162 valence electrons. The first kappa shape index (κ1) is 21.1. The molecule has 1 N–H and O–H groups in total. The van der Waals surface area contributed by atoms with Crippen LogP contribution in [-0.4, -0.2) is 84.4 Å². The smallest absolute Gasteiger partial charge is 0.120 e. The first-order chi connectivity index (χ1) is 14.2. The summed E-state index contributed by atoms with van der Waals surface area (Å²) in [6.45, 7) is 6.95. The van der Waals surface area contributed by atoms with Gasteiger partial charge < -0.3 is 14.7 Å². The summed E-state index contributed by atoms with van der Waals surface area (Å²) in [6, 6.07) is 9.87. The minimum Gasteiger partial charge on any atom is -0.490 e. The van der Waals surface area contributed by atoms with Crippen LogP contribution in [0.5, 0.6) is 5.75 Å². The van der Waals surface area contributed by atoms with Gasteiger partial charge in [-0.25, -0.2) is 0 Å². The minimum absolute atomic E-state index is 0.284. The summed E-state index contributed by atoms with van der Waals surface area (Å²) < 4.78 is 6.21. The molecule has 2 aliphatic heterocycles. The van der Waals surface area contributed by atoms with Gasteiger partial charge in [0.05, 0.1) is 6.10 Å². The van der Waals surface area contributed by atoms with Crippen molar-refractivity contribution in [2.45, 2.75) is 69.7 Å². The Bertz CT molecular complexity index is 626. The highest BCUT2D eigenvalue weighted by Gasteiger charge is 2.33. The number of aliphatic hydroxyl groups is 1. The number of hydrogen-bond acceptors (Lipinski definition) is 5. The quantitative estimate of drug-likeness (QED) is 0.761. The molecular weight excluding hydrogens is 362 g/mol. The van der Waals surface area contributed by atoms with Crippen LogP contribution in [0.2, 0.25) is 0 Å². The van der Waals surface area contributed by atoms with Crippen LogP contribution in [0.4, 0.5) is 0 Å². The van der Waals surface area contributed by atoms with Crippen LogP contribution in [0, 0.1) is 0 Å². The predicted octanol–water partition coefficient (Wildman–Crippen LogP) is 2.97. The predicted molar refractivity (Wildman–Crippen MR) is 117 cm³/mol. The number of piperidine rings is 1. The summed E-state index contributed by atoms with van der Waals surface area (Å²) in [5.74, 6) is 1.03. The number of nitrogens with zero attached hydrogens (tertiary/aromatic N) is 3. The molecule has 4 rings (SSSR count). The Morgan fingerprint density at radius 3 is 2.59 bits per heavy atom. The molecule has 1 aromatic rings. The van der Waals surface area contributed by atoms with Crippen LogP contribution in [0.15, 0.2) is 24.3 Å². The molecule has 0 spiro atoms. The molecule has 1 unspecified atom stereocenters. The SMILES string of the molecule is CN1CCC(N2CCN(Cc3cccc(OC4CCCC4)c3)CC2CCO)CC1. The lowest BCUT2D eigenvalue weighted by atomic mass is 9.98. The number of likely N-dealkylation sites (tertiary alicyclic amines) is 1. The summed E-state index contributed by atoms with van der Waals surface area (Å²) in [5, 5.41) is 9.65. The standard InChI is InChI=1S/C24H39N3O2/c1-25-12-9-21(10-13-25)27-15-14-26(19-22(27)11-16-28)18-20-5-4-8-24(17-20)29-23-6-2-3-7-23/h4-5,8,17,21-23,28H,2-3,6-7,9-16,18-19H2,1H3. The van der Waals surface area contributed by atoms with Gasteiger partial charge in [-0.3, -0.25) is 9.80 Å². The van der Waals surface area contributed by atoms with Crippen molar-refractivity contribution in [3.8, 4) is 5.75 Å². The highest BCUT2D eigenvalue weighted by atomic mass is 16.5. The van der Waals surface area contributed by atoms with Crippen molar-refractivity contribution in [2.75, 3.05) is 46.4 Å². The molecule has 1 saturated carbocycles. The van der Waals surface area contributed by atoms with E-state index in [9.17, 15) is 5.11 Å². The van der Waals surface area contributed by atoms with Gasteiger partial charge in [0.25, 0.3) is 0 Å². The fourth-order valence-corrected chi connectivity index (χ4v) is 5.46. The number of benzene rings is 1. The summed E-state index contributed by atoms with van der Waals surface area (Å²) in [5.41, 5.74) is 1.34. The van der Waals surface area contributed by atoms with E-state index in [1.165, 1.54) is 57.2 Å². The number of rotatable bonds is 7. The molecule has 1 atom stereocenters. The fourth-order valence-electron chi connectivity index (χ4n) is 5.46. The zero-order valence-electron chi connectivity index (χ0n) is 18.1. The largest absolute Gasteiger partial charge is 0.490 e. The topological polar surface area (TPSA) is 39.2 Å². The van der Waals surface area contributed by atoms with Gasteiger partial charge in [0.2, 0.25) is 0 Å². The van der Waals surface area contributed by atoms with E-state index in [-0.39, 0.29) is 6.61 Å². The van der Waals surface area contributed by atoms with Gasteiger partial charge in [0, 0.05) is 44.9 Å². The molecular formula is C24H39N3O2. The van der Waals surface area contributed by atoms with Crippen LogP contribution < -0.4 is 4.74 Å². The van der Waals surface area contributed by atoms with E-state index in [4.69, 9.17) is 4.74 Å². The van der Waals surface area contributed by atoms with Crippen LogP contribution in [0.25, 0.3) is 0 Å². The lowest BCUT2D eigenvalue weighted by Gasteiger charge is -2.47. The normalized spacial score (nSPS) is 26.2. The van der Waals surface area contributed by atoms with E-state index in [1.54, 1.807) is 0 Å². The monoisotopic (exact) mass is 401 g/mol. The molecule has 1 aliphatic carbocycles. The van der Waals surface area contributed by atoms with Gasteiger partial charge >= 0.3 is 0 Å². The van der Waals surface area contributed by atoms with E-state index in [0.29, 0.717) is 18.2 Å². The lowest BCUT2D eigenvalue weighted by molar-refractivity contribution is 0.00598. The molecule has 0 amide bonds. The maximum atomic E-state index is 9.65. The van der Waals surface area contributed by atoms with Gasteiger partial charge in [-0.15, -0.1) is 0 Å². The third-order valence-corrected chi connectivity index (χ3v) is 7.14. The van der Waals surface area contributed by atoms with E-state index in [1.807, 2.05) is 0 Å². The Morgan fingerprint density at radius 2 is 1.83 bits per heavy atom. The second-order valence-electron chi connectivity index (χ2n) is 9.35. The zero-order valence-corrected chi connectivity index (χ0v) is 18.1. The Balaban J connectivity index is 1.34. The Morgan fingerprint density at radius 1 is 1.03 bits per heavy atom. The number of ether oxygens (including phenoxy) is 1. The van der Waals surface area contributed by atoms with E-state index in [2.05, 4.69) is 46.0 Å². The molecule has 2 heterocycles. The molecule has 3 aliphatic rings. The number of piperazine rings is 1. The maximum Gasteiger partial charge on any atom is 0.120 e. The van der Waals surface area contributed by atoms with Crippen LogP contribution in [0.3, 0.4) is 0 Å². The highest BCUT2D eigenvalue weighted by Crippen LogP contribution is 2.26. The molecule has 5 heteroatoms. The third-order valence-electron chi connectivity index (χ3n) is 7.14. The molecule has 0 bridgehead atoms. The second-order valence-corrected chi connectivity index (χ2v) is 9.35. The fraction of sp³-hybridized carbons (Fsp3) is 0.750. The van der Waals surface area contributed by atoms with Crippen LogP contribution in [-0.2, 0) is 6.54 Å². The summed E-state index contributed by atoms with van der Waals surface area (Å²) in [4.78, 5) is 7.72. The van der Waals surface area contributed by atoms with Gasteiger partial charge in [-0.1, -0.05) is 12.1 Å². The molecule has 3 fully saturated rings. The van der Waals surface area contributed by atoms with E-state index in [0.717, 1.165) is 38.3 Å². The van der Waals surface area contributed by atoms with Crippen molar-refractivity contribution in [3.63, 3.8) is 0 Å². The Labute approximate surface area is 176 Å². The number of hydrogen-bond donors (Lipinski definition) is 1. The summed E-state index contributed by atoms with van der Waals surface area (Å²) in [6.07, 6.45) is 8.83. The molecule has 2 saturated heterocycles. The Kier molecular flexibility index (Phi) is 7.46. The first-order valence-corrected chi connectivity index (χ1v) is 11.7. The van der Waals surface area contributed by atoms with E-state index >= 15 is 0 Å². The van der Waals surface area contributed by atoms with Crippen molar-refractivity contribution >= 4 is 0 Å². The second kappa shape index (κ2) is 10.3. The van der Waals surface area contributed by atoms with Crippen LogP contribution >= 0.6 is 0 Å². The average Bonchev–Trinajstić information content (AvgIpc) is 3.23. The van der Waals surface area contributed by atoms with Crippen molar-refractivity contribution in [1.82, 2.24) is 14.7 Å². The number of aliphatic hydroxyl groups excluding tert-OH is 1. The third kappa shape index (κ3) is 5.72.